The lowest BCUT2D eigenvalue weighted by Gasteiger charge is -2.30. The Morgan fingerprint density at radius 3 is 1.59 bits per heavy atom. The molecule has 0 fully saturated rings. The minimum absolute atomic E-state index is 0.460. The smallest absolute Gasteiger partial charge is 0.159 e. The molecule has 0 bridgehead atoms. The van der Waals surface area contributed by atoms with Gasteiger partial charge in [0, 0.05) is 38.6 Å². The molecule has 1 spiro atoms. The monoisotopic (exact) mass is 890 g/mol. The minimum atomic E-state index is -0.460. The summed E-state index contributed by atoms with van der Waals surface area (Å²) in [4.78, 5) is 2.39. The lowest BCUT2D eigenvalue weighted by molar-refractivity contribution is 0.669. The highest BCUT2D eigenvalue weighted by Crippen LogP contribution is 2.64. The predicted octanol–water partition coefficient (Wildman–Crippen LogP) is 17.8. The van der Waals surface area contributed by atoms with Crippen LogP contribution in [0.15, 0.2) is 259 Å². The van der Waals surface area contributed by atoms with Crippen LogP contribution in [0.5, 0.6) is 0 Å². The van der Waals surface area contributed by atoms with Gasteiger partial charge in [0.2, 0.25) is 0 Å². The molecule has 3 heteroatoms. The molecule has 13 aromatic rings. The molecule has 70 heavy (non-hydrogen) atoms. The van der Waals surface area contributed by atoms with Crippen LogP contribution in [0.2, 0.25) is 0 Å². The first-order valence-corrected chi connectivity index (χ1v) is 24.2. The fourth-order valence-electron chi connectivity index (χ4n) is 12.3. The summed E-state index contributed by atoms with van der Waals surface area (Å²) in [5, 5.41) is 4.64. The third-order valence-corrected chi connectivity index (χ3v) is 15.2. The molecule has 3 nitrogen and oxygen atoms in total. The summed E-state index contributed by atoms with van der Waals surface area (Å²) in [5.41, 5.74) is 23.1. The summed E-state index contributed by atoms with van der Waals surface area (Å²) >= 11 is 0. The van der Waals surface area contributed by atoms with Crippen molar-refractivity contribution in [2.75, 3.05) is 4.90 Å². The molecule has 0 unspecified atom stereocenters. The molecule has 15 rings (SSSR count). The van der Waals surface area contributed by atoms with Crippen LogP contribution in [0.4, 0.5) is 17.1 Å². The normalized spacial score (nSPS) is 13.0. The van der Waals surface area contributed by atoms with Crippen LogP contribution < -0.4 is 4.90 Å². The molecule has 0 aliphatic heterocycles. The van der Waals surface area contributed by atoms with E-state index >= 15 is 0 Å². The van der Waals surface area contributed by atoms with Gasteiger partial charge in [-0.05, 0) is 127 Å². The molecule has 2 heterocycles. The number of benzene rings is 11. The van der Waals surface area contributed by atoms with Gasteiger partial charge in [-0.1, -0.05) is 194 Å². The lowest BCUT2D eigenvalue weighted by Crippen LogP contribution is -2.25. The second kappa shape index (κ2) is 14.9. The quantitative estimate of drug-likeness (QED) is 0.166. The van der Waals surface area contributed by atoms with E-state index < -0.39 is 5.41 Å². The van der Waals surface area contributed by atoms with Gasteiger partial charge in [0.15, 0.2) is 5.58 Å². The molecule has 2 aliphatic carbocycles. The topological polar surface area (TPSA) is 21.3 Å². The Morgan fingerprint density at radius 1 is 0.357 bits per heavy atom. The van der Waals surface area contributed by atoms with Gasteiger partial charge in [-0.15, -0.1) is 0 Å². The van der Waals surface area contributed by atoms with Crippen LogP contribution in [0.25, 0.3) is 93.9 Å². The van der Waals surface area contributed by atoms with Crippen molar-refractivity contribution in [2.24, 2.45) is 0 Å². The third-order valence-electron chi connectivity index (χ3n) is 15.2. The summed E-state index contributed by atoms with van der Waals surface area (Å²) in [7, 11) is 0. The average molecular weight is 891 g/mol. The Balaban J connectivity index is 0.987. The molecule has 326 valence electrons. The second-order valence-electron chi connectivity index (χ2n) is 18.7. The standard InChI is InChI=1S/C67H42N2O/c1-3-16-43(17-4-1)44-30-32-45(33-31-44)46-34-36-48(37-35-46)68(62-28-15-24-53-52-22-10-14-29-63(52)70-66(53)62)49-38-40-60-55(42-49)65-61(69(60)47-18-5-2-6-19-47)41-39-59-64(65)54-23-9-13-27-58(54)67(59)56-25-11-7-20-50(56)51-21-8-12-26-57(51)67/h1-42H. The van der Waals surface area contributed by atoms with Crippen molar-refractivity contribution in [3.8, 4) is 50.2 Å². The van der Waals surface area contributed by atoms with Crippen molar-refractivity contribution >= 4 is 60.8 Å². The van der Waals surface area contributed by atoms with Crippen LogP contribution in [0, 0.1) is 0 Å². The molecule has 0 saturated carbocycles. The van der Waals surface area contributed by atoms with E-state index in [1.54, 1.807) is 0 Å². The number of furan rings is 1. The van der Waals surface area contributed by atoms with Gasteiger partial charge >= 0.3 is 0 Å². The van der Waals surface area contributed by atoms with Crippen molar-refractivity contribution < 1.29 is 4.42 Å². The van der Waals surface area contributed by atoms with E-state index in [9.17, 15) is 0 Å². The first kappa shape index (κ1) is 38.9. The van der Waals surface area contributed by atoms with Crippen molar-refractivity contribution in [3.05, 3.63) is 277 Å². The molecule has 2 aliphatic rings. The van der Waals surface area contributed by atoms with Gasteiger partial charge in [0.1, 0.15) is 5.58 Å². The van der Waals surface area contributed by atoms with Gasteiger partial charge in [-0.2, -0.15) is 0 Å². The number of para-hydroxylation sites is 3. The number of hydrogen-bond donors (Lipinski definition) is 0. The second-order valence-corrected chi connectivity index (χ2v) is 18.7. The summed E-state index contributed by atoms with van der Waals surface area (Å²) in [5.74, 6) is 0. The van der Waals surface area contributed by atoms with E-state index in [0.29, 0.717) is 0 Å². The van der Waals surface area contributed by atoms with Crippen LogP contribution in [0.3, 0.4) is 0 Å². The molecule has 2 aromatic heterocycles. The Labute approximate surface area is 405 Å². The third kappa shape index (κ3) is 5.40. The highest BCUT2D eigenvalue weighted by molar-refractivity contribution is 6.20. The maximum Gasteiger partial charge on any atom is 0.159 e. The Kier molecular flexibility index (Phi) is 8.28. The van der Waals surface area contributed by atoms with Gasteiger partial charge in [-0.3, -0.25) is 0 Å². The summed E-state index contributed by atoms with van der Waals surface area (Å²) in [6, 6.07) is 93.4. The maximum atomic E-state index is 6.83. The summed E-state index contributed by atoms with van der Waals surface area (Å²) < 4.78 is 9.29. The zero-order chi connectivity index (χ0) is 45.9. The van der Waals surface area contributed by atoms with E-state index in [4.69, 9.17) is 4.42 Å². The van der Waals surface area contributed by atoms with Crippen LogP contribution in [-0.2, 0) is 5.41 Å². The minimum Gasteiger partial charge on any atom is -0.454 e. The van der Waals surface area contributed by atoms with E-state index in [2.05, 4.69) is 258 Å². The fraction of sp³-hybridized carbons (Fsp3) is 0.0149. The van der Waals surface area contributed by atoms with Gasteiger partial charge < -0.3 is 13.9 Å². The van der Waals surface area contributed by atoms with E-state index in [0.717, 1.165) is 55.8 Å². The molecule has 0 N–H and O–H groups in total. The van der Waals surface area contributed by atoms with Crippen LogP contribution in [-0.4, -0.2) is 4.57 Å². The number of fused-ring (bicyclic) bond motifs is 17. The molecule has 0 atom stereocenters. The van der Waals surface area contributed by atoms with Crippen LogP contribution >= 0.6 is 0 Å². The molecule has 11 aromatic carbocycles. The summed E-state index contributed by atoms with van der Waals surface area (Å²) in [6.07, 6.45) is 0. The molecular weight excluding hydrogens is 849 g/mol. The fourth-order valence-corrected chi connectivity index (χ4v) is 12.3. The first-order chi connectivity index (χ1) is 34.7. The zero-order valence-electron chi connectivity index (χ0n) is 38.1. The molecular formula is C67H42N2O. The van der Waals surface area contributed by atoms with Gasteiger partial charge in [-0.25, -0.2) is 0 Å². The number of rotatable bonds is 6. The number of anilines is 3. The van der Waals surface area contributed by atoms with Crippen molar-refractivity contribution in [3.63, 3.8) is 0 Å². The molecule has 0 radical (unpaired) electrons. The Morgan fingerprint density at radius 2 is 0.886 bits per heavy atom. The highest BCUT2D eigenvalue weighted by Gasteiger charge is 2.52. The number of nitrogens with zero attached hydrogens (tertiary/aromatic N) is 2. The first-order valence-electron chi connectivity index (χ1n) is 24.2. The van der Waals surface area contributed by atoms with E-state index in [1.165, 1.54) is 77.5 Å². The lowest BCUT2D eigenvalue weighted by atomic mass is 9.70. The average Bonchev–Trinajstić information content (AvgIpc) is 4.16. The summed E-state index contributed by atoms with van der Waals surface area (Å²) in [6.45, 7) is 0. The predicted molar refractivity (Wildman–Crippen MR) is 290 cm³/mol. The number of hydrogen-bond acceptors (Lipinski definition) is 2. The van der Waals surface area contributed by atoms with E-state index in [-0.39, 0.29) is 0 Å². The van der Waals surface area contributed by atoms with Crippen molar-refractivity contribution in [1.29, 1.82) is 0 Å². The molecule has 0 amide bonds. The van der Waals surface area contributed by atoms with Gasteiger partial charge in [0.25, 0.3) is 0 Å². The molecule has 0 saturated heterocycles. The van der Waals surface area contributed by atoms with Crippen molar-refractivity contribution in [2.45, 2.75) is 5.41 Å². The maximum absolute atomic E-state index is 6.83. The number of aromatic nitrogens is 1. The van der Waals surface area contributed by atoms with Gasteiger partial charge in [0.05, 0.1) is 22.1 Å². The van der Waals surface area contributed by atoms with Crippen LogP contribution in [0.1, 0.15) is 22.3 Å². The SMILES string of the molecule is c1ccc(-c2ccc(-c3ccc(N(c4ccc5c(c4)c4c6c(ccc4n5-c4ccccc4)C4(c5ccccc5-c5ccccc54)c4ccccc4-6)c4cccc5c4oc4ccccc45)cc3)cc2)cc1. The largest absolute Gasteiger partial charge is 0.454 e. The van der Waals surface area contributed by atoms with E-state index in [1.807, 2.05) is 6.07 Å². The zero-order valence-corrected chi connectivity index (χ0v) is 38.1. The highest BCUT2D eigenvalue weighted by atomic mass is 16.3. The Bertz CT molecular complexity index is 4170. The van der Waals surface area contributed by atoms with Crippen molar-refractivity contribution in [1.82, 2.24) is 4.57 Å². The Hall–Kier alpha value is -9.18.